The van der Waals surface area contributed by atoms with E-state index in [4.69, 9.17) is 19.2 Å². The van der Waals surface area contributed by atoms with Crippen molar-refractivity contribution in [1.82, 2.24) is 29.6 Å². The van der Waals surface area contributed by atoms with Gasteiger partial charge < -0.3 is 24.0 Å². The lowest BCUT2D eigenvalue weighted by Gasteiger charge is -2.34. The number of aromatic nitrogens is 5. The summed E-state index contributed by atoms with van der Waals surface area (Å²) in [6, 6.07) is 11.2. The number of carbonyl (C=O) groups excluding carboxylic acids is 1. The molecule has 0 aliphatic carbocycles. The fraction of sp³-hybridized carbons (Fsp3) is 0.364. The molecule has 1 N–H and O–H groups in total. The van der Waals surface area contributed by atoms with Crippen molar-refractivity contribution in [2.45, 2.75) is 66.0 Å². The zero-order valence-electron chi connectivity index (χ0n) is 25.8. The number of amides is 1. The number of nitrogens with zero attached hydrogens (tertiary/aromatic N) is 6. The zero-order valence-corrected chi connectivity index (χ0v) is 25.8. The lowest BCUT2D eigenvalue weighted by Crippen LogP contribution is -2.47. The highest BCUT2D eigenvalue weighted by atomic mass is 19.1. The van der Waals surface area contributed by atoms with Crippen LogP contribution < -0.4 is 5.32 Å². The molecule has 4 aromatic heterocycles. The van der Waals surface area contributed by atoms with E-state index in [0.29, 0.717) is 52.8 Å². The second-order valence-corrected chi connectivity index (χ2v) is 12.3. The molecular weight excluding hydrogens is 561 g/mol. The average Bonchev–Trinajstić information content (AvgIpc) is 3.51. The number of benzene rings is 1. The van der Waals surface area contributed by atoms with Crippen LogP contribution in [0.5, 0.6) is 0 Å². The van der Waals surface area contributed by atoms with Crippen molar-refractivity contribution < 1.29 is 18.4 Å². The standard InChI is InChI=1S/C33H36FN7O3/c1-19-16-35-31(36-22-11-10-14-40(17-22)32(42)43-33(4,5)6)38-28(19)25-18-41(23-12-8-7-9-13-23)30-24(25)15-26(34)29(37-30)27-20(2)39-44-21(27)3/h7-9,12-13,15-16,18,22H,10-11,14,17H2,1-6H3,(H,35,36,38)/t22-/m0/s1. The molecule has 228 valence electrons. The maximum Gasteiger partial charge on any atom is 0.410 e. The molecule has 1 aromatic carbocycles. The molecule has 6 rings (SSSR count). The van der Waals surface area contributed by atoms with E-state index in [2.05, 4.69) is 15.5 Å². The van der Waals surface area contributed by atoms with Crippen molar-refractivity contribution in [3.8, 4) is 28.2 Å². The Morgan fingerprint density at radius 2 is 1.89 bits per heavy atom. The fourth-order valence-corrected chi connectivity index (χ4v) is 5.65. The van der Waals surface area contributed by atoms with E-state index in [-0.39, 0.29) is 17.8 Å². The Hall–Kier alpha value is -4.80. The Balaban J connectivity index is 1.39. The number of hydrogen-bond donors (Lipinski definition) is 1. The summed E-state index contributed by atoms with van der Waals surface area (Å²) in [4.78, 5) is 28.7. The Morgan fingerprint density at radius 3 is 2.59 bits per heavy atom. The number of carbonyl (C=O) groups is 1. The summed E-state index contributed by atoms with van der Waals surface area (Å²) in [6.45, 7) is 12.2. The number of aryl methyl sites for hydroxylation is 3. The third-order valence-electron chi connectivity index (χ3n) is 7.67. The van der Waals surface area contributed by atoms with Gasteiger partial charge in [-0.25, -0.2) is 24.1 Å². The highest BCUT2D eigenvalue weighted by molar-refractivity contribution is 5.96. The van der Waals surface area contributed by atoms with Gasteiger partial charge in [0.05, 0.1) is 17.0 Å². The quantitative estimate of drug-likeness (QED) is 0.230. The van der Waals surface area contributed by atoms with E-state index in [1.807, 2.05) is 68.8 Å². The van der Waals surface area contributed by atoms with Crippen molar-refractivity contribution in [2.24, 2.45) is 0 Å². The van der Waals surface area contributed by atoms with E-state index >= 15 is 4.39 Å². The molecule has 1 aliphatic heterocycles. The molecule has 0 unspecified atom stereocenters. The maximum atomic E-state index is 15.8. The van der Waals surface area contributed by atoms with Crippen LogP contribution in [-0.4, -0.2) is 60.4 Å². The SMILES string of the molecule is Cc1cnc(N[C@H]2CCCN(C(=O)OC(C)(C)C)C2)nc1-c1cn(-c2ccccc2)c2nc(-c3c(C)noc3C)c(F)cc12. The van der Waals surface area contributed by atoms with Crippen LogP contribution in [0.4, 0.5) is 15.1 Å². The van der Waals surface area contributed by atoms with Gasteiger partial charge in [-0.05, 0) is 78.1 Å². The second kappa shape index (κ2) is 11.4. The average molecular weight is 598 g/mol. The predicted octanol–water partition coefficient (Wildman–Crippen LogP) is 7.01. The minimum absolute atomic E-state index is 0.0470. The van der Waals surface area contributed by atoms with Gasteiger partial charge in [0.1, 0.15) is 28.5 Å². The molecule has 1 amide bonds. The maximum absolute atomic E-state index is 15.8. The van der Waals surface area contributed by atoms with Crippen molar-refractivity contribution in [3.63, 3.8) is 0 Å². The number of piperidine rings is 1. The summed E-state index contributed by atoms with van der Waals surface area (Å²) in [6.07, 6.45) is 5.06. The number of fused-ring (bicyclic) bond motifs is 1. The minimum atomic E-state index is -0.562. The first-order chi connectivity index (χ1) is 21.0. The van der Waals surface area contributed by atoms with Gasteiger partial charge in [-0.3, -0.25) is 0 Å². The van der Waals surface area contributed by atoms with E-state index in [0.717, 1.165) is 29.7 Å². The van der Waals surface area contributed by atoms with E-state index in [9.17, 15) is 4.79 Å². The summed E-state index contributed by atoms with van der Waals surface area (Å²) in [5, 5.41) is 8.04. The Bertz CT molecular complexity index is 1820. The van der Waals surface area contributed by atoms with Crippen molar-refractivity contribution in [3.05, 3.63) is 71.6 Å². The second-order valence-electron chi connectivity index (χ2n) is 12.3. The van der Waals surface area contributed by atoms with Crippen LogP contribution >= 0.6 is 0 Å². The number of pyridine rings is 1. The molecule has 0 bridgehead atoms. The first-order valence-electron chi connectivity index (χ1n) is 14.8. The molecule has 0 spiro atoms. The third-order valence-corrected chi connectivity index (χ3v) is 7.67. The van der Waals surface area contributed by atoms with Crippen LogP contribution in [0, 0.1) is 26.6 Å². The number of hydrogen-bond acceptors (Lipinski definition) is 8. The molecule has 10 nitrogen and oxygen atoms in total. The number of anilines is 1. The largest absolute Gasteiger partial charge is 0.444 e. The van der Waals surface area contributed by atoms with Crippen LogP contribution in [0.25, 0.3) is 39.2 Å². The van der Waals surface area contributed by atoms with E-state index < -0.39 is 11.4 Å². The number of rotatable bonds is 5. The van der Waals surface area contributed by atoms with Crippen molar-refractivity contribution >= 4 is 23.1 Å². The normalized spacial score (nSPS) is 15.5. The molecule has 1 aliphatic rings. The van der Waals surface area contributed by atoms with Crippen LogP contribution in [0.2, 0.25) is 0 Å². The van der Waals surface area contributed by atoms with E-state index in [1.54, 1.807) is 24.9 Å². The molecule has 5 heterocycles. The van der Waals surface area contributed by atoms with Gasteiger partial charge in [-0.1, -0.05) is 23.4 Å². The molecule has 11 heteroatoms. The highest BCUT2D eigenvalue weighted by Gasteiger charge is 2.28. The molecule has 5 aromatic rings. The van der Waals surface area contributed by atoms with Crippen molar-refractivity contribution in [2.75, 3.05) is 18.4 Å². The molecule has 0 saturated carbocycles. The molecule has 1 fully saturated rings. The Labute approximate surface area is 255 Å². The monoisotopic (exact) mass is 597 g/mol. The molecule has 44 heavy (non-hydrogen) atoms. The third kappa shape index (κ3) is 5.73. The number of ether oxygens (including phenoxy) is 1. The zero-order chi connectivity index (χ0) is 31.2. The van der Waals surface area contributed by atoms with Crippen LogP contribution in [0.15, 0.2) is 53.3 Å². The minimum Gasteiger partial charge on any atom is -0.444 e. The van der Waals surface area contributed by atoms with Gasteiger partial charge in [0.25, 0.3) is 0 Å². The van der Waals surface area contributed by atoms with E-state index in [1.165, 1.54) is 6.07 Å². The molecule has 1 saturated heterocycles. The lowest BCUT2D eigenvalue weighted by molar-refractivity contribution is 0.0206. The molecule has 0 radical (unpaired) electrons. The highest BCUT2D eigenvalue weighted by Crippen LogP contribution is 2.37. The summed E-state index contributed by atoms with van der Waals surface area (Å²) in [7, 11) is 0. The summed E-state index contributed by atoms with van der Waals surface area (Å²) >= 11 is 0. The lowest BCUT2D eigenvalue weighted by atomic mass is 10.1. The van der Waals surface area contributed by atoms with Gasteiger partial charge in [0.2, 0.25) is 5.95 Å². The van der Waals surface area contributed by atoms with Crippen molar-refractivity contribution in [1.29, 1.82) is 0 Å². The van der Waals surface area contributed by atoms with Gasteiger partial charge in [0.15, 0.2) is 0 Å². The number of para-hydroxylation sites is 1. The number of nitrogens with one attached hydrogen (secondary N) is 1. The summed E-state index contributed by atoms with van der Waals surface area (Å²) in [5.74, 6) is 0.457. The van der Waals surface area contributed by atoms with Gasteiger partial charge in [-0.2, -0.15) is 0 Å². The first-order valence-corrected chi connectivity index (χ1v) is 14.8. The summed E-state index contributed by atoms with van der Waals surface area (Å²) in [5.41, 5.74) is 4.41. The summed E-state index contributed by atoms with van der Waals surface area (Å²) < 4.78 is 28.7. The molecular formula is C33H36FN7O3. The Morgan fingerprint density at radius 1 is 1.11 bits per heavy atom. The first kappa shape index (κ1) is 29.3. The van der Waals surface area contributed by atoms with Gasteiger partial charge >= 0.3 is 6.09 Å². The van der Waals surface area contributed by atoms with Crippen LogP contribution in [0.1, 0.15) is 50.6 Å². The number of likely N-dealkylation sites (tertiary alicyclic amines) is 1. The van der Waals surface area contributed by atoms with Crippen LogP contribution in [-0.2, 0) is 4.74 Å². The van der Waals surface area contributed by atoms with Gasteiger partial charge in [0, 0.05) is 48.2 Å². The molecule has 1 atom stereocenters. The number of halogens is 1. The Kier molecular flexibility index (Phi) is 7.56. The van der Waals surface area contributed by atoms with Gasteiger partial charge in [-0.15, -0.1) is 0 Å². The predicted molar refractivity (Wildman–Crippen MR) is 166 cm³/mol. The van der Waals surface area contributed by atoms with Crippen LogP contribution in [0.3, 0.4) is 0 Å². The topological polar surface area (TPSA) is 111 Å². The fourth-order valence-electron chi connectivity index (χ4n) is 5.65. The smallest absolute Gasteiger partial charge is 0.410 e.